The summed E-state index contributed by atoms with van der Waals surface area (Å²) in [5.41, 5.74) is 9.04. The van der Waals surface area contributed by atoms with Gasteiger partial charge in [0, 0.05) is 42.2 Å². The van der Waals surface area contributed by atoms with Gasteiger partial charge in [-0.15, -0.1) is 0 Å². The minimum absolute atomic E-state index is 0.0348. The first-order valence-electron chi connectivity index (χ1n) is 11.1. The van der Waals surface area contributed by atoms with Crippen LogP contribution in [0.2, 0.25) is 0 Å². The molecule has 1 aliphatic rings. The highest BCUT2D eigenvalue weighted by atomic mass is 19.1. The molecule has 3 aromatic rings. The van der Waals surface area contributed by atoms with Crippen LogP contribution < -0.4 is 11.1 Å². The number of nitrogens with zero attached hydrogens (tertiary/aromatic N) is 3. The molecule has 9 heteroatoms. The van der Waals surface area contributed by atoms with E-state index in [-0.39, 0.29) is 17.9 Å². The molecule has 0 aliphatic carbocycles. The Morgan fingerprint density at radius 1 is 1.21 bits per heavy atom. The number of aryl methyl sites for hydroxylation is 2. The molecule has 0 atom stereocenters. The molecule has 2 amide bonds. The molecule has 7 nitrogen and oxygen atoms in total. The number of halogens is 2. The van der Waals surface area contributed by atoms with Crippen molar-refractivity contribution in [1.29, 1.82) is 0 Å². The van der Waals surface area contributed by atoms with Crippen molar-refractivity contribution in [2.24, 2.45) is 5.73 Å². The zero-order chi connectivity index (χ0) is 24.8. The Morgan fingerprint density at radius 3 is 2.50 bits per heavy atom. The zero-order valence-electron chi connectivity index (χ0n) is 19.7. The van der Waals surface area contributed by atoms with Crippen LogP contribution in [0.3, 0.4) is 0 Å². The fourth-order valence-corrected chi connectivity index (χ4v) is 4.53. The number of amides is 2. The Labute approximate surface area is 197 Å². The Kier molecular flexibility index (Phi) is 6.18. The summed E-state index contributed by atoms with van der Waals surface area (Å²) >= 11 is 0. The largest absolute Gasteiger partial charge is 0.394 e. The molecule has 1 aromatic heterocycles. The van der Waals surface area contributed by atoms with Gasteiger partial charge in [-0.25, -0.2) is 18.3 Å². The maximum absolute atomic E-state index is 15.5. The van der Waals surface area contributed by atoms with Gasteiger partial charge in [-0.1, -0.05) is 18.2 Å². The number of nitrogens with one attached hydrogen (secondary N) is 1. The predicted octanol–water partition coefficient (Wildman–Crippen LogP) is 4.05. The number of rotatable bonds is 5. The van der Waals surface area contributed by atoms with Crippen molar-refractivity contribution < 1.29 is 18.7 Å². The zero-order valence-corrected chi connectivity index (χ0v) is 19.7. The fraction of sp³-hybridized carbons (Fsp3) is 0.360. The maximum atomic E-state index is 15.5. The normalized spacial score (nSPS) is 14.2. The lowest BCUT2D eigenvalue weighted by Crippen LogP contribution is -2.48. The Bertz CT molecular complexity index is 1250. The van der Waals surface area contributed by atoms with E-state index < -0.39 is 23.2 Å². The SMILES string of the molecule is Cc1cccc(C)c1-n1nc2c(c1-c1cc(F)c(NC(N)=O)cc1F)CN(C(C)(C)CO)CC2. The molecule has 1 aliphatic heterocycles. The average molecular weight is 470 g/mol. The number of hydrogen-bond acceptors (Lipinski definition) is 4. The molecule has 34 heavy (non-hydrogen) atoms. The molecule has 0 saturated carbocycles. The molecule has 2 heterocycles. The van der Waals surface area contributed by atoms with E-state index in [1.807, 2.05) is 45.9 Å². The molecule has 0 unspecified atom stereocenters. The number of urea groups is 1. The van der Waals surface area contributed by atoms with Crippen LogP contribution in [0.5, 0.6) is 0 Å². The van der Waals surface area contributed by atoms with Crippen LogP contribution in [0, 0.1) is 25.5 Å². The van der Waals surface area contributed by atoms with Crippen molar-refractivity contribution in [2.75, 3.05) is 18.5 Å². The molecular weight excluding hydrogens is 440 g/mol. The summed E-state index contributed by atoms with van der Waals surface area (Å²) in [5.74, 6) is -1.51. The summed E-state index contributed by atoms with van der Waals surface area (Å²) in [5, 5.41) is 16.9. The summed E-state index contributed by atoms with van der Waals surface area (Å²) in [6.07, 6.45) is 0.606. The lowest BCUT2D eigenvalue weighted by atomic mass is 9.95. The van der Waals surface area contributed by atoms with E-state index in [0.29, 0.717) is 25.2 Å². The smallest absolute Gasteiger partial charge is 0.316 e. The highest BCUT2D eigenvalue weighted by Crippen LogP contribution is 2.38. The number of aromatic nitrogens is 2. The summed E-state index contributed by atoms with van der Waals surface area (Å²) in [6.45, 7) is 8.85. The van der Waals surface area contributed by atoms with Crippen molar-refractivity contribution in [3.63, 3.8) is 0 Å². The van der Waals surface area contributed by atoms with Crippen LogP contribution in [-0.2, 0) is 13.0 Å². The van der Waals surface area contributed by atoms with Crippen molar-refractivity contribution in [3.8, 4) is 16.9 Å². The van der Waals surface area contributed by atoms with Gasteiger partial charge in [0.05, 0.1) is 29.4 Å². The Morgan fingerprint density at radius 2 is 1.88 bits per heavy atom. The highest BCUT2D eigenvalue weighted by molar-refractivity contribution is 5.88. The summed E-state index contributed by atoms with van der Waals surface area (Å²) in [7, 11) is 0. The van der Waals surface area contributed by atoms with Crippen LogP contribution in [0.1, 0.15) is 36.2 Å². The van der Waals surface area contributed by atoms with Crippen molar-refractivity contribution >= 4 is 11.7 Å². The van der Waals surface area contributed by atoms with Crippen molar-refractivity contribution in [2.45, 2.75) is 46.2 Å². The molecule has 0 spiro atoms. The number of fused-ring (bicyclic) bond motifs is 1. The molecule has 0 fully saturated rings. The third-order valence-corrected chi connectivity index (χ3v) is 6.50. The van der Waals surface area contributed by atoms with E-state index in [2.05, 4.69) is 10.2 Å². The van der Waals surface area contributed by atoms with E-state index in [0.717, 1.165) is 40.2 Å². The first kappa shape index (κ1) is 23.8. The van der Waals surface area contributed by atoms with Crippen LogP contribution >= 0.6 is 0 Å². The van der Waals surface area contributed by atoms with E-state index >= 15 is 4.39 Å². The maximum Gasteiger partial charge on any atom is 0.316 e. The molecule has 0 saturated heterocycles. The first-order chi connectivity index (χ1) is 16.0. The number of benzene rings is 2. The number of carbonyl (C=O) groups is 1. The van der Waals surface area contributed by atoms with Gasteiger partial charge < -0.3 is 16.2 Å². The molecular formula is C25H29F2N5O2. The van der Waals surface area contributed by atoms with Gasteiger partial charge in [0.1, 0.15) is 11.6 Å². The minimum Gasteiger partial charge on any atom is -0.394 e. The monoisotopic (exact) mass is 469 g/mol. The van der Waals surface area contributed by atoms with E-state index in [1.165, 1.54) is 0 Å². The summed E-state index contributed by atoms with van der Waals surface area (Å²) < 4.78 is 32.1. The van der Waals surface area contributed by atoms with Gasteiger partial charge in [-0.2, -0.15) is 5.10 Å². The summed E-state index contributed by atoms with van der Waals surface area (Å²) in [6, 6.07) is 6.86. The quantitative estimate of drug-likeness (QED) is 0.525. The number of anilines is 1. The summed E-state index contributed by atoms with van der Waals surface area (Å²) in [4.78, 5) is 13.3. The second kappa shape index (κ2) is 8.81. The van der Waals surface area contributed by atoms with Gasteiger partial charge in [0.2, 0.25) is 0 Å². The number of para-hydroxylation sites is 1. The van der Waals surface area contributed by atoms with Crippen molar-refractivity contribution in [1.82, 2.24) is 14.7 Å². The van der Waals surface area contributed by atoms with Crippen LogP contribution in [-0.4, -0.2) is 44.5 Å². The molecule has 0 radical (unpaired) electrons. The van der Waals surface area contributed by atoms with Gasteiger partial charge in [-0.3, -0.25) is 4.90 Å². The topological polar surface area (TPSA) is 96.4 Å². The number of primary amides is 1. The molecule has 0 bridgehead atoms. The van der Waals surface area contributed by atoms with Crippen LogP contribution in [0.25, 0.3) is 16.9 Å². The fourth-order valence-electron chi connectivity index (χ4n) is 4.53. The third-order valence-electron chi connectivity index (χ3n) is 6.50. The Hall–Kier alpha value is -3.30. The van der Waals surface area contributed by atoms with Crippen molar-refractivity contribution in [3.05, 3.63) is 64.4 Å². The van der Waals surface area contributed by atoms with Crippen LogP contribution in [0.15, 0.2) is 30.3 Å². The molecule has 180 valence electrons. The van der Waals surface area contributed by atoms with E-state index in [9.17, 15) is 14.3 Å². The number of nitrogens with two attached hydrogens (primary N) is 1. The number of hydrogen-bond donors (Lipinski definition) is 3. The van der Waals surface area contributed by atoms with Gasteiger partial charge in [0.25, 0.3) is 0 Å². The predicted molar refractivity (Wildman–Crippen MR) is 127 cm³/mol. The van der Waals surface area contributed by atoms with Gasteiger partial charge in [-0.05, 0) is 44.9 Å². The molecule has 2 aromatic carbocycles. The first-order valence-corrected chi connectivity index (χ1v) is 11.1. The second-order valence-electron chi connectivity index (χ2n) is 9.37. The number of carbonyl (C=O) groups excluding carboxylic acids is 1. The van der Waals surface area contributed by atoms with E-state index in [1.54, 1.807) is 4.68 Å². The average Bonchev–Trinajstić information content (AvgIpc) is 3.13. The van der Waals surface area contributed by atoms with Crippen LogP contribution in [0.4, 0.5) is 19.3 Å². The highest BCUT2D eigenvalue weighted by Gasteiger charge is 2.34. The third kappa shape index (κ3) is 4.17. The Balaban J connectivity index is 1.97. The lowest BCUT2D eigenvalue weighted by molar-refractivity contribution is 0.0464. The standard InChI is InChI=1S/C25H29F2N5O2/c1-14-6-5-7-15(2)22(14)32-23(16-10-19(27)21(11-18(16)26)29-24(28)34)17-12-31(25(3,4)13-33)9-8-20(17)30-32/h5-7,10-11,33H,8-9,12-13H2,1-4H3,(H3,28,29,34). The lowest BCUT2D eigenvalue weighted by Gasteiger charge is -2.39. The second-order valence-corrected chi connectivity index (χ2v) is 9.37. The van der Waals surface area contributed by atoms with E-state index in [4.69, 9.17) is 10.8 Å². The number of aliphatic hydroxyl groups is 1. The molecule has 4 N–H and O–H groups in total. The van der Waals surface area contributed by atoms with Gasteiger partial charge >= 0.3 is 6.03 Å². The van der Waals surface area contributed by atoms with Gasteiger partial charge in [0.15, 0.2) is 0 Å². The molecule has 4 rings (SSSR count). The number of aliphatic hydroxyl groups excluding tert-OH is 1. The minimum atomic E-state index is -0.981.